The van der Waals surface area contributed by atoms with E-state index in [1.807, 2.05) is 0 Å². The summed E-state index contributed by atoms with van der Waals surface area (Å²) in [5.74, 6) is 1.84. The van der Waals surface area contributed by atoms with Crippen LogP contribution in [0.3, 0.4) is 0 Å². The Hall–Kier alpha value is -0.770. The number of hydrogen-bond donors (Lipinski definition) is 2. The molecule has 0 aromatic carbocycles. The molecule has 0 amide bonds. The molecule has 2 saturated carbocycles. The van der Waals surface area contributed by atoms with Crippen molar-refractivity contribution in [3.05, 3.63) is 0 Å². The Bertz CT molecular complexity index is 247. The average molecular weight is 239 g/mol. The number of ether oxygens (including phenoxy) is 1. The third kappa shape index (κ3) is 5.91. The second-order valence-corrected chi connectivity index (χ2v) is 5.05. The van der Waals surface area contributed by atoms with Crippen LogP contribution in [0.5, 0.6) is 0 Å². The predicted molar refractivity (Wildman–Crippen MR) is 70.3 cm³/mol. The largest absolute Gasteiger partial charge is 0.381 e. The molecule has 0 saturated heterocycles. The smallest absolute Gasteiger partial charge is 0.191 e. The maximum atomic E-state index is 5.58. The molecule has 17 heavy (non-hydrogen) atoms. The predicted octanol–water partition coefficient (Wildman–Crippen LogP) is 1.52. The molecule has 2 rings (SSSR count). The summed E-state index contributed by atoms with van der Waals surface area (Å²) < 4.78 is 5.58. The molecule has 0 radical (unpaired) electrons. The van der Waals surface area contributed by atoms with E-state index in [1.165, 1.54) is 25.7 Å². The minimum absolute atomic E-state index is 0.666. The van der Waals surface area contributed by atoms with E-state index in [2.05, 4.69) is 22.5 Å². The van der Waals surface area contributed by atoms with Gasteiger partial charge < -0.3 is 15.4 Å². The number of rotatable bonds is 8. The van der Waals surface area contributed by atoms with Gasteiger partial charge in [-0.05, 0) is 44.9 Å². The standard InChI is InChI=1S/C13H25N3O/c1-2-14-13(16-12-6-7-12)15-8-3-9-17-10-11-4-5-11/h11-12H,2-10H2,1H3,(H2,14,15,16). The molecule has 0 heterocycles. The molecular formula is C13H25N3O. The summed E-state index contributed by atoms with van der Waals surface area (Å²) >= 11 is 0. The summed E-state index contributed by atoms with van der Waals surface area (Å²) in [6.07, 6.45) is 6.33. The maximum absolute atomic E-state index is 5.58. The first kappa shape index (κ1) is 12.7. The van der Waals surface area contributed by atoms with Gasteiger partial charge in [0, 0.05) is 32.3 Å². The first-order chi connectivity index (χ1) is 8.38. The summed E-state index contributed by atoms with van der Waals surface area (Å²) in [5.41, 5.74) is 0. The second kappa shape index (κ2) is 6.84. The van der Waals surface area contributed by atoms with Crippen LogP contribution in [0.1, 0.15) is 39.0 Å². The molecule has 2 N–H and O–H groups in total. The van der Waals surface area contributed by atoms with Crippen LogP contribution in [0.15, 0.2) is 4.99 Å². The van der Waals surface area contributed by atoms with Crippen LogP contribution >= 0.6 is 0 Å². The number of nitrogens with zero attached hydrogens (tertiary/aromatic N) is 1. The van der Waals surface area contributed by atoms with Crippen molar-refractivity contribution in [2.45, 2.75) is 45.1 Å². The summed E-state index contributed by atoms with van der Waals surface area (Å²) in [5, 5.41) is 6.68. The van der Waals surface area contributed by atoms with Crippen molar-refractivity contribution in [1.82, 2.24) is 10.6 Å². The van der Waals surface area contributed by atoms with Gasteiger partial charge in [0.2, 0.25) is 0 Å². The zero-order valence-corrected chi connectivity index (χ0v) is 10.9. The average Bonchev–Trinajstić information content (AvgIpc) is 3.17. The molecule has 0 spiro atoms. The Labute approximate surface area is 104 Å². The Kier molecular flexibility index (Phi) is 5.10. The van der Waals surface area contributed by atoms with Crippen LogP contribution in [0.2, 0.25) is 0 Å². The van der Waals surface area contributed by atoms with Crippen molar-refractivity contribution in [3.63, 3.8) is 0 Å². The van der Waals surface area contributed by atoms with E-state index < -0.39 is 0 Å². The van der Waals surface area contributed by atoms with Gasteiger partial charge in [-0.15, -0.1) is 0 Å². The van der Waals surface area contributed by atoms with E-state index in [-0.39, 0.29) is 0 Å². The van der Waals surface area contributed by atoms with Gasteiger partial charge in [-0.1, -0.05) is 0 Å². The van der Waals surface area contributed by atoms with Gasteiger partial charge in [-0.2, -0.15) is 0 Å². The van der Waals surface area contributed by atoms with E-state index in [0.29, 0.717) is 6.04 Å². The van der Waals surface area contributed by atoms with Crippen molar-refractivity contribution < 1.29 is 4.74 Å². The highest BCUT2D eigenvalue weighted by Crippen LogP contribution is 2.28. The van der Waals surface area contributed by atoms with E-state index in [4.69, 9.17) is 4.74 Å². The lowest BCUT2D eigenvalue weighted by atomic mass is 10.4. The van der Waals surface area contributed by atoms with E-state index in [0.717, 1.165) is 44.6 Å². The van der Waals surface area contributed by atoms with Gasteiger partial charge in [0.05, 0.1) is 0 Å². The van der Waals surface area contributed by atoms with Gasteiger partial charge in [-0.3, -0.25) is 4.99 Å². The Morgan fingerprint density at radius 1 is 1.29 bits per heavy atom. The molecule has 4 heteroatoms. The van der Waals surface area contributed by atoms with Gasteiger partial charge in [-0.25, -0.2) is 0 Å². The van der Waals surface area contributed by atoms with E-state index in [9.17, 15) is 0 Å². The summed E-state index contributed by atoms with van der Waals surface area (Å²) in [4.78, 5) is 4.54. The van der Waals surface area contributed by atoms with Crippen LogP contribution in [-0.4, -0.2) is 38.3 Å². The third-order valence-electron chi connectivity index (χ3n) is 3.03. The van der Waals surface area contributed by atoms with Crippen molar-refractivity contribution in [2.24, 2.45) is 10.9 Å². The molecule has 4 nitrogen and oxygen atoms in total. The number of nitrogens with one attached hydrogen (secondary N) is 2. The van der Waals surface area contributed by atoms with E-state index >= 15 is 0 Å². The molecule has 98 valence electrons. The first-order valence-electron chi connectivity index (χ1n) is 7.01. The first-order valence-corrected chi connectivity index (χ1v) is 7.01. The monoisotopic (exact) mass is 239 g/mol. The molecule has 0 bridgehead atoms. The highest BCUT2D eigenvalue weighted by Gasteiger charge is 2.22. The molecule has 0 atom stereocenters. The zero-order chi connectivity index (χ0) is 11.9. The number of hydrogen-bond acceptors (Lipinski definition) is 2. The Morgan fingerprint density at radius 2 is 2.12 bits per heavy atom. The fourth-order valence-electron chi connectivity index (χ4n) is 1.63. The lowest BCUT2D eigenvalue weighted by Crippen LogP contribution is -2.38. The molecule has 0 aromatic heterocycles. The quantitative estimate of drug-likeness (QED) is 0.383. The molecule has 0 aliphatic heterocycles. The second-order valence-electron chi connectivity index (χ2n) is 5.05. The summed E-state index contributed by atoms with van der Waals surface area (Å²) in [6.45, 7) is 5.69. The van der Waals surface area contributed by atoms with Gasteiger partial charge in [0.15, 0.2) is 5.96 Å². The van der Waals surface area contributed by atoms with Crippen LogP contribution in [0.25, 0.3) is 0 Å². The maximum Gasteiger partial charge on any atom is 0.191 e. The molecule has 2 aliphatic rings. The van der Waals surface area contributed by atoms with Crippen molar-refractivity contribution in [3.8, 4) is 0 Å². The lowest BCUT2D eigenvalue weighted by molar-refractivity contribution is 0.123. The van der Waals surface area contributed by atoms with Crippen molar-refractivity contribution in [2.75, 3.05) is 26.3 Å². The fourth-order valence-corrected chi connectivity index (χ4v) is 1.63. The van der Waals surface area contributed by atoms with Gasteiger partial charge >= 0.3 is 0 Å². The minimum atomic E-state index is 0.666. The lowest BCUT2D eigenvalue weighted by Gasteiger charge is -2.10. The van der Waals surface area contributed by atoms with E-state index in [1.54, 1.807) is 0 Å². The highest BCUT2D eigenvalue weighted by molar-refractivity contribution is 5.80. The Morgan fingerprint density at radius 3 is 2.76 bits per heavy atom. The summed E-state index contributed by atoms with van der Waals surface area (Å²) in [7, 11) is 0. The summed E-state index contributed by atoms with van der Waals surface area (Å²) in [6, 6.07) is 0.666. The van der Waals surface area contributed by atoms with Crippen molar-refractivity contribution >= 4 is 5.96 Å². The molecule has 0 unspecified atom stereocenters. The molecule has 0 aromatic rings. The fraction of sp³-hybridized carbons (Fsp3) is 0.923. The number of guanidine groups is 1. The van der Waals surface area contributed by atoms with Crippen LogP contribution < -0.4 is 10.6 Å². The van der Waals surface area contributed by atoms with Crippen LogP contribution in [0.4, 0.5) is 0 Å². The normalized spacial score (nSPS) is 20.4. The number of aliphatic imine (C=N–C) groups is 1. The molecular weight excluding hydrogens is 214 g/mol. The highest BCUT2D eigenvalue weighted by atomic mass is 16.5. The van der Waals surface area contributed by atoms with Gasteiger partial charge in [0.1, 0.15) is 0 Å². The third-order valence-corrected chi connectivity index (χ3v) is 3.03. The molecule has 2 aliphatic carbocycles. The van der Waals surface area contributed by atoms with Crippen LogP contribution in [-0.2, 0) is 4.74 Å². The Balaban J connectivity index is 1.51. The van der Waals surface area contributed by atoms with Crippen molar-refractivity contribution in [1.29, 1.82) is 0 Å². The SMILES string of the molecule is CCNC(=NCCCOCC1CC1)NC1CC1. The topological polar surface area (TPSA) is 45.7 Å². The molecule has 2 fully saturated rings. The van der Waals surface area contributed by atoms with Crippen LogP contribution in [0, 0.1) is 5.92 Å². The zero-order valence-electron chi connectivity index (χ0n) is 10.9. The van der Waals surface area contributed by atoms with Gasteiger partial charge in [0.25, 0.3) is 0 Å². The minimum Gasteiger partial charge on any atom is -0.381 e.